The molecule has 1 aromatic rings. The van der Waals surface area contributed by atoms with Gasteiger partial charge in [-0.15, -0.1) is 0 Å². The van der Waals surface area contributed by atoms with Crippen LogP contribution >= 0.6 is 15.9 Å². The lowest BCUT2D eigenvalue weighted by molar-refractivity contribution is 0.0696. The van der Waals surface area contributed by atoms with Gasteiger partial charge < -0.3 is 10.2 Å². The minimum absolute atomic E-state index is 0.0277. The summed E-state index contributed by atoms with van der Waals surface area (Å²) in [6, 6.07) is 10.6. The number of fused-ring (bicyclic) bond motifs is 1. The van der Waals surface area contributed by atoms with E-state index in [4.69, 9.17) is 10.2 Å². The molecule has 2 aliphatic carbocycles. The van der Waals surface area contributed by atoms with E-state index in [1.165, 1.54) is 40.7 Å². The average Bonchev–Trinajstić information content (AvgIpc) is 2.97. The molecule has 0 aliphatic heterocycles. The predicted molar refractivity (Wildman–Crippen MR) is 78.2 cm³/mol. The van der Waals surface area contributed by atoms with E-state index in [9.17, 15) is 9.59 Å². The number of hydrogen-bond donors (Lipinski definition) is 2. The minimum Gasteiger partial charge on any atom is -0.478 e. The van der Waals surface area contributed by atoms with E-state index in [1.54, 1.807) is 0 Å². The summed E-state index contributed by atoms with van der Waals surface area (Å²) in [7, 11) is 0. The van der Waals surface area contributed by atoms with Gasteiger partial charge in [0.2, 0.25) is 0 Å². The standard InChI is InChI=1S/C9H8O4.C6H3Br/c1-5-6(8(10)11)3-2-4-7(5)9(12)13;7-6-2-4-1-5(4)3-6/h2-4H,1H3,(H,10,11)(H,12,13);1-3H. The molecule has 0 bridgehead atoms. The van der Waals surface area contributed by atoms with Crippen LogP contribution in [0.1, 0.15) is 26.3 Å². The van der Waals surface area contributed by atoms with Crippen LogP contribution in [0.4, 0.5) is 0 Å². The fourth-order valence-corrected chi connectivity index (χ4v) is 2.31. The zero-order chi connectivity index (χ0) is 14.9. The molecule has 102 valence electrons. The van der Waals surface area contributed by atoms with Crippen molar-refractivity contribution in [1.29, 1.82) is 0 Å². The van der Waals surface area contributed by atoms with Crippen molar-refractivity contribution in [1.82, 2.24) is 0 Å². The van der Waals surface area contributed by atoms with E-state index in [2.05, 4.69) is 34.1 Å². The smallest absolute Gasteiger partial charge is 0.335 e. The number of carboxylic acid groups (broad SMARTS) is 2. The van der Waals surface area contributed by atoms with E-state index in [0.717, 1.165) is 0 Å². The van der Waals surface area contributed by atoms with Crippen molar-refractivity contribution in [2.45, 2.75) is 6.92 Å². The fraction of sp³-hybridized carbons (Fsp3) is 0.0667. The van der Waals surface area contributed by atoms with E-state index in [0.29, 0.717) is 0 Å². The molecular weight excluding hydrogens is 324 g/mol. The third-order valence-electron chi connectivity index (χ3n) is 2.94. The first kappa shape index (κ1) is 14.3. The molecule has 0 amide bonds. The van der Waals surface area contributed by atoms with Crippen LogP contribution in [0.3, 0.4) is 0 Å². The Morgan fingerprint density at radius 1 is 0.950 bits per heavy atom. The van der Waals surface area contributed by atoms with Gasteiger partial charge in [0.05, 0.1) is 11.1 Å². The predicted octanol–water partition coefficient (Wildman–Crippen LogP) is 3.82. The Balaban J connectivity index is 0.000000173. The third-order valence-corrected chi connectivity index (χ3v) is 3.40. The normalized spacial score (nSPS) is 10.3. The Labute approximate surface area is 123 Å². The lowest BCUT2D eigenvalue weighted by Crippen LogP contribution is -2.06. The maximum atomic E-state index is 10.6. The zero-order valence-electron chi connectivity index (χ0n) is 10.6. The fourth-order valence-electron chi connectivity index (χ4n) is 1.82. The summed E-state index contributed by atoms with van der Waals surface area (Å²) in [5, 5.41) is 17.4. The molecule has 0 spiro atoms. The van der Waals surface area contributed by atoms with E-state index >= 15 is 0 Å². The summed E-state index contributed by atoms with van der Waals surface area (Å²) < 4.78 is 1.21. The quantitative estimate of drug-likeness (QED) is 0.747. The summed E-state index contributed by atoms with van der Waals surface area (Å²) >= 11 is 3.35. The SMILES string of the molecule is Brc1cc2cc-2c1.Cc1c(C(=O)O)cccc1C(=O)O. The molecule has 0 aromatic heterocycles. The van der Waals surface area contributed by atoms with Gasteiger partial charge in [0.15, 0.2) is 0 Å². The summed E-state index contributed by atoms with van der Waals surface area (Å²) in [6.45, 7) is 1.48. The molecule has 0 fully saturated rings. The largest absolute Gasteiger partial charge is 0.478 e. The number of halogens is 1. The molecular formula is C15H11BrO4. The topological polar surface area (TPSA) is 74.6 Å². The molecule has 0 atom stereocenters. The molecule has 0 saturated heterocycles. The van der Waals surface area contributed by atoms with Crippen molar-refractivity contribution < 1.29 is 19.8 Å². The van der Waals surface area contributed by atoms with Gasteiger partial charge in [-0.3, -0.25) is 0 Å². The molecule has 20 heavy (non-hydrogen) atoms. The maximum Gasteiger partial charge on any atom is 0.335 e. The maximum absolute atomic E-state index is 10.6. The first-order chi connectivity index (χ1) is 9.40. The van der Waals surface area contributed by atoms with Gasteiger partial charge in [0, 0.05) is 4.47 Å². The number of carbonyl (C=O) groups is 2. The van der Waals surface area contributed by atoms with E-state index in [1.807, 2.05) is 0 Å². The van der Waals surface area contributed by atoms with Crippen LogP contribution in [0.5, 0.6) is 0 Å². The van der Waals surface area contributed by atoms with Gasteiger partial charge in [-0.1, -0.05) is 22.0 Å². The van der Waals surface area contributed by atoms with Crippen molar-refractivity contribution in [2.75, 3.05) is 0 Å². The molecule has 2 N–H and O–H groups in total. The first-order valence-corrected chi connectivity index (χ1v) is 6.56. The Morgan fingerprint density at radius 3 is 1.70 bits per heavy atom. The van der Waals surface area contributed by atoms with Crippen LogP contribution in [-0.4, -0.2) is 22.2 Å². The summed E-state index contributed by atoms with van der Waals surface area (Å²) in [4.78, 5) is 21.2. The van der Waals surface area contributed by atoms with Crippen LogP contribution in [-0.2, 0) is 0 Å². The molecule has 0 unspecified atom stereocenters. The molecule has 0 radical (unpaired) electrons. The van der Waals surface area contributed by atoms with Crippen molar-refractivity contribution in [3.63, 3.8) is 0 Å². The van der Waals surface area contributed by atoms with Crippen molar-refractivity contribution in [3.05, 3.63) is 57.6 Å². The van der Waals surface area contributed by atoms with Crippen molar-refractivity contribution >= 4 is 27.9 Å². The molecule has 4 nitrogen and oxygen atoms in total. The summed E-state index contributed by atoms with van der Waals surface area (Å²) in [6.07, 6.45) is 0. The monoisotopic (exact) mass is 334 g/mol. The zero-order valence-corrected chi connectivity index (χ0v) is 12.1. The Bertz CT molecular complexity index is 655. The number of benzene rings is 2. The highest BCUT2D eigenvalue weighted by Crippen LogP contribution is 2.38. The molecule has 1 aromatic carbocycles. The van der Waals surface area contributed by atoms with Gasteiger partial charge in [-0.05, 0) is 53.9 Å². The Morgan fingerprint density at radius 2 is 1.40 bits per heavy atom. The second-order valence-electron chi connectivity index (χ2n) is 4.32. The van der Waals surface area contributed by atoms with Crippen LogP contribution in [0.25, 0.3) is 11.1 Å². The number of rotatable bonds is 2. The molecule has 5 heteroatoms. The van der Waals surface area contributed by atoms with Gasteiger partial charge in [0.1, 0.15) is 0 Å². The van der Waals surface area contributed by atoms with Gasteiger partial charge in [0.25, 0.3) is 0 Å². The lowest BCUT2D eigenvalue weighted by Gasteiger charge is -2.03. The minimum atomic E-state index is -1.11. The number of aromatic carboxylic acids is 2. The van der Waals surface area contributed by atoms with E-state index in [-0.39, 0.29) is 16.7 Å². The van der Waals surface area contributed by atoms with Gasteiger partial charge in [-0.2, -0.15) is 0 Å². The van der Waals surface area contributed by atoms with Gasteiger partial charge in [-0.25, -0.2) is 9.59 Å². The Kier molecular flexibility index (Phi) is 3.90. The van der Waals surface area contributed by atoms with Gasteiger partial charge >= 0.3 is 11.9 Å². The lowest BCUT2D eigenvalue weighted by atomic mass is 10.0. The van der Waals surface area contributed by atoms with Crippen LogP contribution in [0.2, 0.25) is 0 Å². The third kappa shape index (κ3) is 3.05. The molecule has 0 saturated carbocycles. The highest BCUT2D eigenvalue weighted by atomic mass is 79.9. The van der Waals surface area contributed by atoms with Crippen LogP contribution in [0, 0.1) is 6.92 Å². The molecule has 0 heterocycles. The van der Waals surface area contributed by atoms with Crippen LogP contribution < -0.4 is 0 Å². The summed E-state index contributed by atoms with van der Waals surface area (Å²) in [5.41, 5.74) is 3.13. The highest BCUT2D eigenvalue weighted by Gasteiger charge is 2.13. The van der Waals surface area contributed by atoms with Crippen molar-refractivity contribution in [2.24, 2.45) is 0 Å². The Hall–Kier alpha value is -2.14. The van der Waals surface area contributed by atoms with Crippen LogP contribution in [0.15, 0.2) is 40.9 Å². The molecule has 2 aliphatic rings. The van der Waals surface area contributed by atoms with E-state index < -0.39 is 11.9 Å². The summed E-state index contributed by atoms with van der Waals surface area (Å²) in [5.74, 6) is -2.22. The molecule has 3 rings (SSSR count). The first-order valence-electron chi connectivity index (χ1n) is 5.77. The second kappa shape index (κ2) is 5.46. The number of hydrogen-bond acceptors (Lipinski definition) is 2. The second-order valence-corrected chi connectivity index (χ2v) is 5.23. The number of carboxylic acids is 2. The van der Waals surface area contributed by atoms with Crippen molar-refractivity contribution in [3.8, 4) is 11.1 Å². The highest BCUT2D eigenvalue weighted by molar-refractivity contribution is 9.10. The average molecular weight is 335 g/mol.